The Hall–Kier alpha value is -4.30. The summed E-state index contributed by atoms with van der Waals surface area (Å²) in [6, 6.07) is 22.8. The number of carbonyl (C=O) groups is 1. The molecule has 5 rings (SSSR count). The van der Waals surface area contributed by atoms with Gasteiger partial charge in [-0.15, -0.1) is 0 Å². The Labute approximate surface area is 243 Å². The summed E-state index contributed by atoms with van der Waals surface area (Å²) in [4.78, 5) is 16.0. The highest BCUT2D eigenvalue weighted by molar-refractivity contribution is 6.02. The van der Waals surface area contributed by atoms with Gasteiger partial charge in [0.1, 0.15) is 18.2 Å². The van der Waals surface area contributed by atoms with Crippen LogP contribution in [0.15, 0.2) is 83.3 Å². The van der Waals surface area contributed by atoms with Gasteiger partial charge in [0.05, 0.1) is 23.2 Å². The molecule has 0 saturated heterocycles. The molecule has 3 aromatic rings. The van der Waals surface area contributed by atoms with Crippen LogP contribution in [0.2, 0.25) is 0 Å². The van der Waals surface area contributed by atoms with Crippen molar-refractivity contribution in [2.24, 2.45) is 11.1 Å². The van der Waals surface area contributed by atoms with Crippen LogP contribution in [0.4, 0.5) is 5.69 Å². The quantitative estimate of drug-likeness (QED) is 0.343. The summed E-state index contributed by atoms with van der Waals surface area (Å²) in [6.07, 6.45) is 1.93. The van der Waals surface area contributed by atoms with E-state index in [2.05, 4.69) is 58.9 Å². The van der Waals surface area contributed by atoms with Crippen molar-refractivity contribution in [2.45, 2.75) is 73.3 Å². The van der Waals surface area contributed by atoms with E-state index >= 15 is 0 Å². The van der Waals surface area contributed by atoms with Gasteiger partial charge in [-0.2, -0.15) is 5.26 Å². The highest BCUT2D eigenvalue weighted by atomic mass is 16.5. The van der Waals surface area contributed by atoms with E-state index in [9.17, 15) is 10.1 Å². The number of allylic oxidation sites excluding steroid dienone is 3. The molecule has 1 atom stereocenters. The number of hydrogen-bond acceptors (Lipinski definition) is 5. The molecular weight excluding hydrogens is 506 g/mol. The predicted molar refractivity (Wildman–Crippen MR) is 164 cm³/mol. The maximum atomic E-state index is 14.0. The average molecular weight is 546 g/mol. The van der Waals surface area contributed by atoms with Crippen LogP contribution in [-0.4, -0.2) is 5.78 Å². The molecule has 2 N–H and O–H groups in total. The molecule has 0 fully saturated rings. The summed E-state index contributed by atoms with van der Waals surface area (Å²) < 4.78 is 6.15. The number of nitrogens with two attached hydrogens (primary N) is 1. The third kappa shape index (κ3) is 5.27. The van der Waals surface area contributed by atoms with Crippen molar-refractivity contribution in [3.05, 3.63) is 117 Å². The zero-order valence-corrected chi connectivity index (χ0v) is 25.0. The fourth-order valence-corrected chi connectivity index (χ4v) is 6.30. The summed E-state index contributed by atoms with van der Waals surface area (Å²) in [7, 11) is 0. The number of hydrogen-bond donors (Lipinski definition) is 1. The Balaban J connectivity index is 1.67. The molecule has 1 aliphatic carbocycles. The lowest BCUT2D eigenvalue weighted by Crippen LogP contribution is -2.42. The smallest absolute Gasteiger partial charge is 0.162 e. The van der Waals surface area contributed by atoms with Crippen molar-refractivity contribution in [3.8, 4) is 11.8 Å². The molecule has 41 heavy (non-hydrogen) atoms. The van der Waals surface area contributed by atoms with Crippen molar-refractivity contribution < 1.29 is 9.53 Å². The Morgan fingerprint density at radius 2 is 1.71 bits per heavy atom. The van der Waals surface area contributed by atoms with Crippen LogP contribution < -0.4 is 15.4 Å². The number of carbonyl (C=O) groups excluding carboxylic acids is 1. The first-order valence-electron chi connectivity index (χ1n) is 14.4. The molecular formula is C36H39N3O2. The van der Waals surface area contributed by atoms with Crippen LogP contribution in [0.1, 0.15) is 72.9 Å². The van der Waals surface area contributed by atoms with E-state index in [0.717, 1.165) is 51.4 Å². The summed E-state index contributed by atoms with van der Waals surface area (Å²) >= 11 is 0. The van der Waals surface area contributed by atoms with E-state index in [1.807, 2.05) is 54.3 Å². The first-order chi connectivity index (χ1) is 19.5. The fourth-order valence-electron chi connectivity index (χ4n) is 6.30. The van der Waals surface area contributed by atoms with Crippen LogP contribution in [0.3, 0.4) is 0 Å². The Kier molecular flexibility index (Phi) is 7.53. The van der Waals surface area contributed by atoms with E-state index in [1.165, 1.54) is 5.56 Å². The average Bonchev–Trinajstić information content (AvgIpc) is 2.92. The molecule has 5 nitrogen and oxygen atoms in total. The molecule has 1 heterocycles. The molecule has 2 aliphatic rings. The zero-order chi connectivity index (χ0) is 29.5. The van der Waals surface area contributed by atoms with Crippen LogP contribution in [-0.2, 0) is 17.8 Å². The van der Waals surface area contributed by atoms with Gasteiger partial charge in [-0.25, -0.2) is 0 Å². The van der Waals surface area contributed by atoms with Gasteiger partial charge in [0, 0.05) is 17.7 Å². The first-order valence-corrected chi connectivity index (χ1v) is 14.4. The SMILES string of the molecule is CCc1ccccc1N1C(N)=C(C#N)C(c2cc(COc3ccc(C)cc3)c(C)cc2C)C2=C1CC(C)(C)CC2=O. The van der Waals surface area contributed by atoms with Gasteiger partial charge in [0.15, 0.2) is 5.78 Å². The molecule has 0 radical (unpaired) electrons. The van der Waals surface area contributed by atoms with Gasteiger partial charge >= 0.3 is 0 Å². The zero-order valence-electron chi connectivity index (χ0n) is 25.0. The predicted octanol–water partition coefficient (Wildman–Crippen LogP) is 7.69. The molecule has 0 bridgehead atoms. The van der Waals surface area contributed by atoms with Crippen LogP contribution in [0.25, 0.3) is 0 Å². The second-order valence-corrected chi connectivity index (χ2v) is 12.2. The number of ketones is 1. The minimum absolute atomic E-state index is 0.0814. The number of nitriles is 1. The van der Waals surface area contributed by atoms with Crippen molar-refractivity contribution >= 4 is 11.5 Å². The van der Waals surface area contributed by atoms with E-state index < -0.39 is 5.92 Å². The molecule has 0 aromatic heterocycles. The minimum atomic E-state index is -0.526. The summed E-state index contributed by atoms with van der Waals surface area (Å²) in [5.41, 5.74) is 16.0. The number of nitrogens with zero attached hydrogens (tertiary/aromatic N) is 2. The molecule has 1 unspecified atom stereocenters. The first kappa shape index (κ1) is 28.2. The fraction of sp³-hybridized carbons (Fsp3) is 0.333. The van der Waals surface area contributed by atoms with Crippen molar-refractivity contribution in [3.63, 3.8) is 0 Å². The Morgan fingerprint density at radius 1 is 1.00 bits per heavy atom. The van der Waals surface area contributed by atoms with Crippen LogP contribution in [0, 0.1) is 37.5 Å². The number of aryl methyl sites for hydroxylation is 4. The Bertz CT molecular complexity index is 1620. The van der Waals surface area contributed by atoms with E-state index in [-0.39, 0.29) is 11.2 Å². The standard InChI is InChI=1S/C36H39N3O2/c1-7-25-10-8-9-11-30(25)39-31-18-36(5,6)19-32(40)34(31)33(29(20-37)35(39)38)28-17-26(23(3)16-24(28)4)21-41-27-14-12-22(2)13-15-27/h8-17,33H,7,18-19,21,38H2,1-6H3. The number of Topliss-reactive ketones (excluding diaryl/α,β-unsaturated/α-hetero) is 1. The lowest BCUT2D eigenvalue weighted by atomic mass is 9.68. The van der Waals surface area contributed by atoms with Gasteiger partial charge in [-0.1, -0.05) is 68.8 Å². The number of para-hydroxylation sites is 1. The van der Waals surface area contributed by atoms with Crippen molar-refractivity contribution in [1.29, 1.82) is 5.26 Å². The molecule has 0 saturated carbocycles. The summed E-state index contributed by atoms with van der Waals surface area (Å²) in [6.45, 7) is 12.9. The third-order valence-corrected chi connectivity index (χ3v) is 8.45. The van der Waals surface area contributed by atoms with Gasteiger partial charge < -0.3 is 10.5 Å². The van der Waals surface area contributed by atoms with E-state index in [4.69, 9.17) is 10.5 Å². The second-order valence-electron chi connectivity index (χ2n) is 12.2. The van der Waals surface area contributed by atoms with Crippen LogP contribution >= 0.6 is 0 Å². The molecule has 5 heteroatoms. The summed E-state index contributed by atoms with van der Waals surface area (Å²) in [5.74, 6) is 0.761. The monoisotopic (exact) mass is 545 g/mol. The molecule has 210 valence electrons. The number of anilines is 1. The van der Waals surface area contributed by atoms with Crippen molar-refractivity contribution in [1.82, 2.24) is 0 Å². The Morgan fingerprint density at radius 3 is 2.39 bits per heavy atom. The third-order valence-electron chi connectivity index (χ3n) is 8.45. The van der Waals surface area contributed by atoms with Crippen LogP contribution in [0.5, 0.6) is 5.75 Å². The topological polar surface area (TPSA) is 79.3 Å². The number of ether oxygens (including phenoxy) is 1. The summed E-state index contributed by atoms with van der Waals surface area (Å²) in [5, 5.41) is 10.6. The highest BCUT2D eigenvalue weighted by Crippen LogP contribution is 2.51. The van der Waals surface area contributed by atoms with Gasteiger partial charge in [0.25, 0.3) is 0 Å². The highest BCUT2D eigenvalue weighted by Gasteiger charge is 2.45. The lowest BCUT2D eigenvalue weighted by Gasteiger charge is -2.44. The molecule has 0 spiro atoms. The van der Waals surface area contributed by atoms with Gasteiger partial charge in [-0.05, 0) is 85.0 Å². The maximum absolute atomic E-state index is 14.0. The largest absolute Gasteiger partial charge is 0.489 e. The van der Waals surface area contributed by atoms with Gasteiger partial charge in [0.2, 0.25) is 0 Å². The molecule has 3 aromatic carbocycles. The normalized spacial score (nSPS) is 18.3. The lowest BCUT2D eigenvalue weighted by molar-refractivity contribution is -0.118. The number of rotatable bonds is 6. The minimum Gasteiger partial charge on any atom is -0.489 e. The number of benzene rings is 3. The van der Waals surface area contributed by atoms with E-state index in [1.54, 1.807) is 0 Å². The van der Waals surface area contributed by atoms with Gasteiger partial charge in [-0.3, -0.25) is 9.69 Å². The van der Waals surface area contributed by atoms with Crippen molar-refractivity contribution in [2.75, 3.05) is 4.90 Å². The molecule has 1 aliphatic heterocycles. The second kappa shape index (κ2) is 10.9. The molecule has 0 amide bonds. The van der Waals surface area contributed by atoms with E-state index in [0.29, 0.717) is 36.4 Å². The maximum Gasteiger partial charge on any atom is 0.162 e.